The molecule has 0 radical (unpaired) electrons. The maximum atomic E-state index is 12.3. The molecule has 0 saturated carbocycles. The number of aryl methyl sites for hydroxylation is 2. The average molecular weight is 355 g/mol. The summed E-state index contributed by atoms with van der Waals surface area (Å²) < 4.78 is 7.24. The third-order valence-electron chi connectivity index (χ3n) is 4.04. The zero-order chi connectivity index (χ0) is 17.8. The molecular weight excluding hydrogens is 334 g/mol. The van der Waals surface area contributed by atoms with Gasteiger partial charge in [0.25, 0.3) is 0 Å². The molecule has 0 fully saturated rings. The van der Waals surface area contributed by atoms with Crippen molar-refractivity contribution in [3.05, 3.63) is 65.9 Å². The van der Waals surface area contributed by atoms with Crippen molar-refractivity contribution < 1.29 is 9.21 Å². The van der Waals surface area contributed by atoms with Gasteiger partial charge >= 0.3 is 0 Å². The van der Waals surface area contributed by atoms with Gasteiger partial charge in [-0.2, -0.15) is 0 Å². The van der Waals surface area contributed by atoms with Gasteiger partial charge in [0.1, 0.15) is 5.76 Å². The number of aromatic nitrogens is 2. The van der Waals surface area contributed by atoms with Gasteiger partial charge in [-0.15, -0.1) is 0 Å². The summed E-state index contributed by atoms with van der Waals surface area (Å²) in [5.74, 6) is 0.693. The number of benzene rings is 1. The summed E-state index contributed by atoms with van der Waals surface area (Å²) in [5.41, 5.74) is 3.53. The van der Waals surface area contributed by atoms with Crippen molar-refractivity contribution in [1.82, 2.24) is 14.9 Å². The van der Waals surface area contributed by atoms with Gasteiger partial charge in [-0.1, -0.05) is 17.8 Å². The van der Waals surface area contributed by atoms with Gasteiger partial charge in [0.05, 0.1) is 18.1 Å². The van der Waals surface area contributed by atoms with Crippen LogP contribution in [0.5, 0.6) is 0 Å². The standard InChI is InChI=1S/C19H21N3O2S/c1-13-6-7-16(11-14(13)2)22-9-8-20-19(22)25-15(3)18(23)21-12-17-5-4-10-24-17/h4-11,15H,12H2,1-3H3,(H,21,23). The molecule has 2 heterocycles. The van der Waals surface area contributed by atoms with Crippen LogP contribution in [0.25, 0.3) is 5.69 Å². The van der Waals surface area contributed by atoms with E-state index in [1.54, 1.807) is 18.5 Å². The van der Waals surface area contributed by atoms with E-state index >= 15 is 0 Å². The Balaban J connectivity index is 1.67. The molecule has 1 unspecified atom stereocenters. The van der Waals surface area contributed by atoms with Crippen LogP contribution in [-0.4, -0.2) is 20.7 Å². The van der Waals surface area contributed by atoms with Crippen molar-refractivity contribution in [2.75, 3.05) is 0 Å². The van der Waals surface area contributed by atoms with E-state index in [0.29, 0.717) is 6.54 Å². The molecule has 3 rings (SSSR count). The SMILES string of the molecule is Cc1ccc(-n2ccnc2SC(C)C(=O)NCc2ccco2)cc1C. The summed E-state index contributed by atoms with van der Waals surface area (Å²) in [7, 11) is 0. The van der Waals surface area contributed by atoms with Gasteiger partial charge in [0.2, 0.25) is 5.91 Å². The van der Waals surface area contributed by atoms with Gasteiger partial charge < -0.3 is 9.73 Å². The summed E-state index contributed by atoms with van der Waals surface area (Å²) in [6, 6.07) is 9.93. The monoisotopic (exact) mass is 355 g/mol. The molecule has 1 aromatic carbocycles. The molecule has 3 aromatic rings. The molecule has 1 atom stereocenters. The number of hydrogen-bond donors (Lipinski definition) is 1. The van der Waals surface area contributed by atoms with E-state index in [2.05, 4.69) is 42.3 Å². The molecule has 0 saturated heterocycles. The fourth-order valence-electron chi connectivity index (χ4n) is 2.39. The van der Waals surface area contributed by atoms with E-state index in [4.69, 9.17) is 4.42 Å². The average Bonchev–Trinajstić information content (AvgIpc) is 3.27. The maximum absolute atomic E-state index is 12.3. The van der Waals surface area contributed by atoms with E-state index in [0.717, 1.165) is 16.6 Å². The van der Waals surface area contributed by atoms with E-state index < -0.39 is 0 Å². The van der Waals surface area contributed by atoms with E-state index in [-0.39, 0.29) is 11.2 Å². The number of carbonyl (C=O) groups is 1. The second-order valence-electron chi connectivity index (χ2n) is 5.91. The van der Waals surface area contributed by atoms with Crippen LogP contribution in [0.1, 0.15) is 23.8 Å². The molecule has 0 aliphatic heterocycles. The van der Waals surface area contributed by atoms with Crippen molar-refractivity contribution in [2.24, 2.45) is 0 Å². The second-order valence-corrected chi connectivity index (χ2v) is 7.21. The number of furan rings is 1. The second kappa shape index (κ2) is 7.61. The molecular formula is C19H21N3O2S. The van der Waals surface area contributed by atoms with Crippen LogP contribution >= 0.6 is 11.8 Å². The predicted molar refractivity (Wildman–Crippen MR) is 98.9 cm³/mol. The van der Waals surface area contributed by atoms with Crippen LogP contribution in [0, 0.1) is 13.8 Å². The highest BCUT2D eigenvalue weighted by Gasteiger charge is 2.18. The maximum Gasteiger partial charge on any atom is 0.233 e. The number of rotatable bonds is 6. The van der Waals surface area contributed by atoms with Gasteiger partial charge in [0, 0.05) is 18.1 Å². The van der Waals surface area contributed by atoms with Crippen LogP contribution in [0.15, 0.2) is 58.6 Å². The first-order valence-electron chi connectivity index (χ1n) is 8.12. The minimum Gasteiger partial charge on any atom is -0.467 e. The van der Waals surface area contributed by atoms with E-state index in [1.165, 1.54) is 22.9 Å². The summed E-state index contributed by atoms with van der Waals surface area (Å²) in [4.78, 5) is 16.7. The van der Waals surface area contributed by atoms with Gasteiger partial charge in [-0.3, -0.25) is 9.36 Å². The Bertz CT molecular complexity index is 855. The fraction of sp³-hybridized carbons (Fsp3) is 0.263. The zero-order valence-electron chi connectivity index (χ0n) is 14.5. The largest absolute Gasteiger partial charge is 0.467 e. The molecule has 2 aromatic heterocycles. The molecule has 0 aliphatic carbocycles. The molecule has 25 heavy (non-hydrogen) atoms. The van der Waals surface area contributed by atoms with Crippen LogP contribution in [0.3, 0.4) is 0 Å². The van der Waals surface area contributed by atoms with Crippen molar-refractivity contribution in [1.29, 1.82) is 0 Å². The normalized spacial score (nSPS) is 12.1. The third-order valence-corrected chi connectivity index (χ3v) is 5.12. The predicted octanol–water partition coefficient (Wildman–Crippen LogP) is 3.88. The number of imidazole rings is 1. The minimum absolute atomic E-state index is 0.0453. The lowest BCUT2D eigenvalue weighted by molar-refractivity contribution is -0.120. The van der Waals surface area contributed by atoms with Gasteiger partial charge in [-0.05, 0) is 56.2 Å². The Hall–Kier alpha value is -2.47. The van der Waals surface area contributed by atoms with Crippen molar-refractivity contribution in [2.45, 2.75) is 37.7 Å². The smallest absolute Gasteiger partial charge is 0.233 e. The molecule has 0 spiro atoms. The first kappa shape index (κ1) is 17.4. The molecule has 0 aliphatic rings. The van der Waals surface area contributed by atoms with Crippen LogP contribution < -0.4 is 5.32 Å². The van der Waals surface area contributed by atoms with Crippen molar-refractivity contribution in [3.63, 3.8) is 0 Å². The van der Waals surface area contributed by atoms with Crippen LogP contribution in [0.4, 0.5) is 0 Å². The van der Waals surface area contributed by atoms with E-state index in [9.17, 15) is 4.79 Å². The fourth-order valence-corrected chi connectivity index (χ4v) is 3.30. The Kier molecular flexibility index (Phi) is 5.28. The van der Waals surface area contributed by atoms with E-state index in [1.807, 2.05) is 23.8 Å². The summed E-state index contributed by atoms with van der Waals surface area (Å²) in [6.07, 6.45) is 5.27. The lowest BCUT2D eigenvalue weighted by atomic mass is 10.1. The molecule has 1 N–H and O–H groups in total. The summed E-state index contributed by atoms with van der Waals surface area (Å²) in [6.45, 7) is 6.45. The molecule has 1 amide bonds. The molecule has 5 nitrogen and oxygen atoms in total. The third kappa shape index (κ3) is 4.14. The number of thioether (sulfide) groups is 1. The topological polar surface area (TPSA) is 60.1 Å². The van der Waals surface area contributed by atoms with Crippen molar-refractivity contribution >= 4 is 17.7 Å². The lowest BCUT2D eigenvalue weighted by Gasteiger charge is -2.13. The Morgan fingerprint density at radius 2 is 2.16 bits per heavy atom. The highest BCUT2D eigenvalue weighted by molar-refractivity contribution is 8.00. The molecule has 0 bridgehead atoms. The lowest BCUT2D eigenvalue weighted by Crippen LogP contribution is -2.30. The highest BCUT2D eigenvalue weighted by atomic mass is 32.2. The minimum atomic E-state index is -0.261. The van der Waals surface area contributed by atoms with Crippen LogP contribution in [-0.2, 0) is 11.3 Å². The number of carbonyl (C=O) groups excluding carboxylic acids is 1. The Labute approximate surface area is 151 Å². The first-order valence-corrected chi connectivity index (χ1v) is 9.00. The number of hydrogen-bond acceptors (Lipinski definition) is 4. The summed E-state index contributed by atoms with van der Waals surface area (Å²) in [5, 5.41) is 3.42. The Morgan fingerprint density at radius 1 is 1.32 bits per heavy atom. The zero-order valence-corrected chi connectivity index (χ0v) is 15.3. The van der Waals surface area contributed by atoms with Gasteiger partial charge in [-0.25, -0.2) is 4.98 Å². The first-order chi connectivity index (χ1) is 12.0. The van der Waals surface area contributed by atoms with Gasteiger partial charge in [0.15, 0.2) is 5.16 Å². The summed E-state index contributed by atoms with van der Waals surface area (Å²) >= 11 is 1.44. The van der Waals surface area contributed by atoms with Crippen LogP contribution in [0.2, 0.25) is 0 Å². The molecule has 130 valence electrons. The molecule has 6 heteroatoms. The number of nitrogens with zero attached hydrogens (tertiary/aromatic N) is 2. The quantitative estimate of drug-likeness (QED) is 0.682. The Morgan fingerprint density at radius 3 is 2.88 bits per heavy atom. The highest BCUT2D eigenvalue weighted by Crippen LogP contribution is 2.25. The number of nitrogens with one attached hydrogen (secondary N) is 1. The number of amides is 1. The van der Waals surface area contributed by atoms with Crippen molar-refractivity contribution in [3.8, 4) is 5.69 Å².